The lowest BCUT2D eigenvalue weighted by molar-refractivity contribution is 0.287. The predicted octanol–water partition coefficient (Wildman–Crippen LogP) is 4.74. The second-order valence-corrected chi connectivity index (χ2v) is 6.66. The highest BCUT2D eigenvalue weighted by molar-refractivity contribution is 6.32. The molecule has 2 aromatic carbocycles. The number of halogens is 1. The predicted molar refractivity (Wildman–Crippen MR) is 110 cm³/mol. The number of benzene rings is 2. The zero-order chi connectivity index (χ0) is 19.1. The molecule has 1 aromatic heterocycles. The first kappa shape index (κ1) is 19.5. The number of hydrogen-bond acceptors (Lipinski definition) is 4. The number of aromatic amines is 1. The first-order valence-corrected chi connectivity index (χ1v) is 9.81. The lowest BCUT2D eigenvalue weighted by atomic mass is 10.2. The fourth-order valence-corrected chi connectivity index (χ4v) is 3.30. The quantitative estimate of drug-likeness (QED) is 0.493. The van der Waals surface area contributed by atoms with Gasteiger partial charge in [-0.3, -0.25) is 0 Å². The van der Waals surface area contributed by atoms with E-state index in [1.807, 2.05) is 44.2 Å². The minimum Gasteiger partial charge on any atom is -0.490 e. The molecular formula is C21H26ClN3O2. The zero-order valence-corrected chi connectivity index (χ0v) is 16.6. The number of H-pyrrole nitrogens is 1. The lowest BCUT2D eigenvalue weighted by Gasteiger charge is -2.14. The summed E-state index contributed by atoms with van der Waals surface area (Å²) in [5, 5.41) is 4.04. The molecule has 144 valence electrons. The number of aryl methyl sites for hydroxylation is 1. The molecule has 0 spiro atoms. The molecule has 27 heavy (non-hydrogen) atoms. The second-order valence-electron chi connectivity index (χ2n) is 6.25. The SMILES string of the molecule is CCOc1cc(CNCCCc2nc3ccccc3[nH]2)cc(Cl)c1OCC. The summed E-state index contributed by atoms with van der Waals surface area (Å²) in [6.45, 7) is 6.64. The molecule has 3 aromatic rings. The molecule has 0 unspecified atom stereocenters. The maximum absolute atomic E-state index is 6.36. The molecule has 3 rings (SSSR count). The number of hydrogen-bond donors (Lipinski definition) is 2. The average Bonchev–Trinajstić information content (AvgIpc) is 3.07. The van der Waals surface area contributed by atoms with Gasteiger partial charge < -0.3 is 19.8 Å². The van der Waals surface area contributed by atoms with Gasteiger partial charge in [-0.2, -0.15) is 0 Å². The van der Waals surface area contributed by atoms with Crippen molar-refractivity contribution in [2.45, 2.75) is 33.2 Å². The van der Waals surface area contributed by atoms with Crippen molar-refractivity contribution in [1.82, 2.24) is 15.3 Å². The average molecular weight is 388 g/mol. The van der Waals surface area contributed by atoms with Crippen LogP contribution in [0.3, 0.4) is 0 Å². The Morgan fingerprint density at radius 3 is 2.70 bits per heavy atom. The van der Waals surface area contributed by atoms with Gasteiger partial charge in [0.2, 0.25) is 0 Å². The van der Waals surface area contributed by atoms with Crippen molar-refractivity contribution in [3.63, 3.8) is 0 Å². The molecule has 0 radical (unpaired) electrons. The van der Waals surface area contributed by atoms with E-state index in [1.165, 1.54) is 0 Å². The molecule has 0 bridgehead atoms. The number of fused-ring (bicyclic) bond motifs is 1. The molecule has 0 saturated carbocycles. The highest BCUT2D eigenvalue weighted by atomic mass is 35.5. The maximum atomic E-state index is 6.36. The van der Waals surface area contributed by atoms with Crippen LogP contribution in [0.5, 0.6) is 11.5 Å². The van der Waals surface area contributed by atoms with E-state index >= 15 is 0 Å². The summed E-state index contributed by atoms with van der Waals surface area (Å²) in [6, 6.07) is 12.0. The molecule has 5 nitrogen and oxygen atoms in total. The van der Waals surface area contributed by atoms with E-state index in [-0.39, 0.29) is 0 Å². The third-order valence-corrected chi connectivity index (χ3v) is 4.47. The van der Waals surface area contributed by atoms with E-state index < -0.39 is 0 Å². The summed E-state index contributed by atoms with van der Waals surface area (Å²) in [6.07, 6.45) is 1.92. The van der Waals surface area contributed by atoms with E-state index in [9.17, 15) is 0 Å². The molecule has 0 aliphatic heterocycles. The van der Waals surface area contributed by atoms with Gasteiger partial charge in [-0.15, -0.1) is 0 Å². The summed E-state index contributed by atoms with van der Waals surface area (Å²) < 4.78 is 11.3. The van der Waals surface area contributed by atoms with E-state index in [0.29, 0.717) is 29.7 Å². The lowest BCUT2D eigenvalue weighted by Crippen LogP contribution is -2.15. The van der Waals surface area contributed by atoms with Crippen LogP contribution in [0.15, 0.2) is 36.4 Å². The molecular weight excluding hydrogens is 362 g/mol. The molecule has 1 heterocycles. The molecule has 2 N–H and O–H groups in total. The van der Waals surface area contributed by atoms with Crippen molar-refractivity contribution in [2.75, 3.05) is 19.8 Å². The number of aromatic nitrogens is 2. The summed E-state index contributed by atoms with van der Waals surface area (Å²) in [5.74, 6) is 2.35. The van der Waals surface area contributed by atoms with Crippen molar-refractivity contribution in [3.8, 4) is 11.5 Å². The minimum absolute atomic E-state index is 0.555. The number of nitrogens with zero attached hydrogens (tertiary/aromatic N) is 1. The molecule has 0 fully saturated rings. The zero-order valence-electron chi connectivity index (χ0n) is 15.8. The van der Waals surface area contributed by atoms with Crippen LogP contribution in [0.4, 0.5) is 0 Å². The van der Waals surface area contributed by atoms with Crippen LogP contribution in [0, 0.1) is 0 Å². The van der Waals surface area contributed by atoms with E-state index in [2.05, 4.69) is 21.4 Å². The van der Waals surface area contributed by atoms with Gasteiger partial charge in [0.15, 0.2) is 11.5 Å². The van der Waals surface area contributed by atoms with E-state index in [0.717, 1.165) is 48.4 Å². The first-order valence-electron chi connectivity index (χ1n) is 9.43. The normalized spacial score (nSPS) is 11.1. The van der Waals surface area contributed by atoms with Crippen LogP contribution in [0.25, 0.3) is 11.0 Å². The van der Waals surface area contributed by atoms with Crippen LogP contribution >= 0.6 is 11.6 Å². The first-order chi connectivity index (χ1) is 13.2. The topological polar surface area (TPSA) is 59.2 Å². The Morgan fingerprint density at radius 1 is 1.11 bits per heavy atom. The van der Waals surface area contributed by atoms with Crippen LogP contribution in [-0.2, 0) is 13.0 Å². The Balaban J connectivity index is 1.50. The smallest absolute Gasteiger partial charge is 0.179 e. The van der Waals surface area contributed by atoms with Crippen molar-refractivity contribution in [2.24, 2.45) is 0 Å². The van der Waals surface area contributed by atoms with Gasteiger partial charge in [-0.25, -0.2) is 4.98 Å². The molecule has 0 aliphatic rings. The molecule has 0 aliphatic carbocycles. The molecule has 0 amide bonds. The second kappa shape index (κ2) is 9.62. The van der Waals surface area contributed by atoms with Crippen LogP contribution in [0.2, 0.25) is 5.02 Å². The number of imidazole rings is 1. The van der Waals surface area contributed by atoms with Gasteiger partial charge in [0.25, 0.3) is 0 Å². The minimum atomic E-state index is 0.555. The number of rotatable bonds is 10. The van der Waals surface area contributed by atoms with Crippen molar-refractivity contribution in [3.05, 3.63) is 52.8 Å². The summed E-state index contributed by atoms with van der Waals surface area (Å²) in [4.78, 5) is 7.97. The van der Waals surface area contributed by atoms with Gasteiger partial charge in [-0.1, -0.05) is 23.7 Å². The fraction of sp³-hybridized carbons (Fsp3) is 0.381. The van der Waals surface area contributed by atoms with Gasteiger partial charge in [-0.05, 0) is 56.6 Å². The third kappa shape index (κ3) is 5.15. The van der Waals surface area contributed by atoms with Gasteiger partial charge in [0.05, 0.1) is 29.3 Å². The highest BCUT2D eigenvalue weighted by Crippen LogP contribution is 2.36. The largest absolute Gasteiger partial charge is 0.490 e. The molecule has 0 saturated heterocycles. The molecule has 0 atom stereocenters. The summed E-state index contributed by atoms with van der Waals surface area (Å²) in [5.41, 5.74) is 3.19. The Labute approximate surface area is 165 Å². The van der Waals surface area contributed by atoms with Crippen LogP contribution in [-0.4, -0.2) is 29.7 Å². The summed E-state index contributed by atoms with van der Waals surface area (Å²) in [7, 11) is 0. The van der Waals surface area contributed by atoms with Crippen molar-refractivity contribution < 1.29 is 9.47 Å². The number of nitrogens with one attached hydrogen (secondary N) is 2. The monoisotopic (exact) mass is 387 g/mol. The van der Waals surface area contributed by atoms with Gasteiger partial charge >= 0.3 is 0 Å². The number of ether oxygens (including phenoxy) is 2. The highest BCUT2D eigenvalue weighted by Gasteiger charge is 2.12. The van der Waals surface area contributed by atoms with Crippen LogP contribution in [0.1, 0.15) is 31.7 Å². The summed E-state index contributed by atoms with van der Waals surface area (Å²) >= 11 is 6.36. The van der Waals surface area contributed by atoms with Crippen LogP contribution < -0.4 is 14.8 Å². The third-order valence-electron chi connectivity index (χ3n) is 4.19. The maximum Gasteiger partial charge on any atom is 0.179 e. The van der Waals surface area contributed by atoms with Gasteiger partial charge in [0.1, 0.15) is 5.82 Å². The fourth-order valence-electron chi connectivity index (χ4n) is 3.01. The Hall–Kier alpha value is -2.24. The Bertz CT molecular complexity index is 846. The van der Waals surface area contributed by atoms with E-state index in [4.69, 9.17) is 21.1 Å². The number of para-hydroxylation sites is 2. The standard InChI is InChI=1S/C21H26ClN3O2/c1-3-26-19-13-15(12-16(22)21(19)27-4-2)14-23-11-7-10-20-24-17-8-5-6-9-18(17)25-20/h5-6,8-9,12-13,23H,3-4,7,10-11,14H2,1-2H3,(H,24,25). The van der Waals surface area contributed by atoms with E-state index in [1.54, 1.807) is 0 Å². The van der Waals surface area contributed by atoms with Crippen molar-refractivity contribution >= 4 is 22.6 Å². The molecule has 6 heteroatoms. The Kier molecular flexibility index (Phi) is 6.96. The van der Waals surface area contributed by atoms with Crippen molar-refractivity contribution in [1.29, 1.82) is 0 Å². The Morgan fingerprint density at radius 2 is 1.93 bits per heavy atom. The van der Waals surface area contributed by atoms with Gasteiger partial charge in [0, 0.05) is 13.0 Å².